The van der Waals surface area contributed by atoms with Gasteiger partial charge in [-0.05, 0) is 42.8 Å². The molecule has 0 spiro atoms. The first-order valence-corrected chi connectivity index (χ1v) is 9.64. The highest BCUT2D eigenvalue weighted by Crippen LogP contribution is 2.30. The number of nitrogens with zero attached hydrogens (tertiary/aromatic N) is 1. The molecule has 0 saturated carbocycles. The second-order valence-electron chi connectivity index (χ2n) is 5.65. The second kappa shape index (κ2) is 8.73. The average Bonchev–Trinajstić information content (AvgIpc) is 2.96. The lowest BCUT2D eigenvalue weighted by molar-refractivity contribution is -0.117. The Bertz CT molecular complexity index is 868. The molecule has 0 atom stereocenters. The van der Waals surface area contributed by atoms with Gasteiger partial charge in [-0.2, -0.15) is 0 Å². The van der Waals surface area contributed by atoms with Gasteiger partial charge < -0.3 is 9.47 Å². The standard InChI is InChI=1S/C20H19BrN2O4/c1-2-26-18-13-14(8-9-17(18)27-11-10-21)12-16-19(24)22-23(20(16)25)15-6-4-3-5-7-15/h3-9,12-13H,2,10-11H2,1H3,(H,22,24)/b16-12+. The number of amides is 2. The van der Waals surface area contributed by atoms with Crippen LogP contribution in [0.2, 0.25) is 0 Å². The predicted molar refractivity (Wildman–Crippen MR) is 107 cm³/mol. The highest BCUT2D eigenvalue weighted by Gasteiger charge is 2.34. The van der Waals surface area contributed by atoms with Gasteiger partial charge >= 0.3 is 0 Å². The van der Waals surface area contributed by atoms with Crippen LogP contribution >= 0.6 is 15.9 Å². The molecule has 6 nitrogen and oxygen atoms in total. The summed E-state index contributed by atoms with van der Waals surface area (Å²) in [4.78, 5) is 24.9. The summed E-state index contributed by atoms with van der Waals surface area (Å²) in [6.07, 6.45) is 1.55. The minimum atomic E-state index is -0.443. The quantitative estimate of drug-likeness (QED) is 0.415. The van der Waals surface area contributed by atoms with E-state index in [2.05, 4.69) is 21.4 Å². The molecule has 1 aliphatic rings. The minimum Gasteiger partial charge on any atom is -0.490 e. The van der Waals surface area contributed by atoms with E-state index >= 15 is 0 Å². The molecule has 2 aromatic rings. The summed E-state index contributed by atoms with van der Waals surface area (Å²) in [6.45, 7) is 2.87. The molecule has 2 aromatic carbocycles. The molecule has 0 unspecified atom stereocenters. The van der Waals surface area contributed by atoms with Gasteiger partial charge in [-0.15, -0.1) is 0 Å². The van der Waals surface area contributed by atoms with Crippen LogP contribution in [0.4, 0.5) is 5.69 Å². The number of para-hydroxylation sites is 1. The topological polar surface area (TPSA) is 67.9 Å². The maximum Gasteiger partial charge on any atom is 0.282 e. The number of ether oxygens (including phenoxy) is 2. The Morgan fingerprint density at radius 3 is 2.56 bits per heavy atom. The fraction of sp³-hybridized carbons (Fsp3) is 0.200. The number of anilines is 1. The largest absolute Gasteiger partial charge is 0.490 e. The van der Waals surface area contributed by atoms with E-state index in [9.17, 15) is 9.59 Å². The van der Waals surface area contributed by atoms with Gasteiger partial charge in [0, 0.05) is 5.33 Å². The van der Waals surface area contributed by atoms with Crippen molar-refractivity contribution in [2.24, 2.45) is 0 Å². The summed E-state index contributed by atoms with van der Waals surface area (Å²) in [6, 6.07) is 14.3. The van der Waals surface area contributed by atoms with Gasteiger partial charge in [0.2, 0.25) is 0 Å². The number of nitrogens with one attached hydrogen (secondary N) is 1. The second-order valence-corrected chi connectivity index (χ2v) is 6.44. The number of hydrazine groups is 1. The molecule has 1 saturated heterocycles. The number of rotatable bonds is 7. The van der Waals surface area contributed by atoms with Crippen molar-refractivity contribution < 1.29 is 19.1 Å². The van der Waals surface area contributed by atoms with Gasteiger partial charge in [0.25, 0.3) is 11.8 Å². The fourth-order valence-electron chi connectivity index (χ4n) is 2.63. The van der Waals surface area contributed by atoms with Crippen LogP contribution in [0.15, 0.2) is 54.1 Å². The Balaban J connectivity index is 1.88. The van der Waals surface area contributed by atoms with Gasteiger partial charge in [-0.25, -0.2) is 5.01 Å². The molecule has 3 rings (SSSR count). The van der Waals surface area contributed by atoms with E-state index in [-0.39, 0.29) is 5.57 Å². The first-order chi connectivity index (χ1) is 13.1. The van der Waals surface area contributed by atoms with Crippen molar-refractivity contribution in [3.8, 4) is 11.5 Å². The third-order valence-corrected chi connectivity index (χ3v) is 4.14. The van der Waals surface area contributed by atoms with E-state index < -0.39 is 11.8 Å². The number of halogens is 1. The van der Waals surface area contributed by atoms with Crippen molar-refractivity contribution in [3.63, 3.8) is 0 Å². The normalized spacial score (nSPS) is 15.2. The lowest BCUT2D eigenvalue weighted by Gasteiger charge is -2.14. The summed E-state index contributed by atoms with van der Waals surface area (Å²) in [5.74, 6) is 0.343. The first-order valence-electron chi connectivity index (χ1n) is 8.52. The Kier molecular flexibility index (Phi) is 6.13. The monoisotopic (exact) mass is 430 g/mol. The van der Waals surface area contributed by atoms with Crippen molar-refractivity contribution in [2.45, 2.75) is 6.92 Å². The first kappa shape index (κ1) is 19.0. The van der Waals surface area contributed by atoms with E-state index in [0.29, 0.717) is 41.3 Å². The van der Waals surface area contributed by atoms with Crippen molar-refractivity contribution in [1.29, 1.82) is 0 Å². The summed E-state index contributed by atoms with van der Waals surface area (Å²) >= 11 is 3.32. The van der Waals surface area contributed by atoms with E-state index in [4.69, 9.17) is 9.47 Å². The van der Waals surface area contributed by atoms with Crippen molar-refractivity contribution in [3.05, 3.63) is 59.7 Å². The number of alkyl halides is 1. The smallest absolute Gasteiger partial charge is 0.282 e. The third-order valence-electron chi connectivity index (χ3n) is 3.82. The van der Waals surface area contributed by atoms with Crippen molar-refractivity contribution >= 4 is 39.5 Å². The average molecular weight is 431 g/mol. The number of hydrogen-bond acceptors (Lipinski definition) is 4. The molecule has 0 bridgehead atoms. The lowest BCUT2D eigenvalue weighted by Crippen LogP contribution is -2.35. The van der Waals surface area contributed by atoms with E-state index in [0.717, 1.165) is 0 Å². The van der Waals surface area contributed by atoms with Crippen LogP contribution < -0.4 is 19.9 Å². The zero-order valence-corrected chi connectivity index (χ0v) is 16.4. The van der Waals surface area contributed by atoms with Crippen LogP contribution in [0, 0.1) is 0 Å². The SMILES string of the molecule is CCOc1cc(/C=C2\C(=O)NN(c3ccccc3)C2=O)ccc1OCCBr. The summed E-state index contributed by atoms with van der Waals surface area (Å²) in [5, 5.41) is 1.94. The molecule has 1 N–H and O–H groups in total. The van der Waals surface area contributed by atoms with E-state index in [1.54, 1.807) is 48.5 Å². The van der Waals surface area contributed by atoms with Crippen LogP contribution in [-0.4, -0.2) is 30.4 Å². The van der Waals surface area contributed by atoms with Crippen LogP contribution in [0.5, 0.6) is 11.5 Å². The maximum atomic E-state index is 12.7. The van der Waals surface area contributed by atoms with Gasteiger partial charge in [0.15, 0.2) is 11.5 Å². The number of carbonyl (C=O) groups is 2. The number of carbonyl (C=O) groups excluding carboxylic acids is 2. The molecular formula is C20H19BrN2O4. The predicted octanol–water partition coefficient (Wildman–Crippen LogP) is 3.32. The fourth-order valence-corrected chi connectivity index (χ4v) is 2.80. The zero-order chi connectivity index (χ0) is 19.2. The Morgan fingerprint density at radius 2 is 1.85 bits per heavy atom. The van der Waals surface area contributed by atoms with Gasteiger partial charge in [0.1, 0.15) is 5.57 Å². The van der Waals surface area contributed by atoms with Crippen LogP contribution in [0.1, 0.15) is 12.5 Å². The molecule has 0 aromatic heterocycles. The Morgan fingerprint density at radius 1 is 1.07 bits per heavy atom. The highest BCUT2D eigenvalue weighted by atomic mass is 79.9. The molecule has 1 heterocycles. The van der Waals surface area contributed by atoms with Gasteiger partial charge in [-0.3, -0.25) is 15.0 Å². The number of benzene rings is 2. The summed E-state index contributed by atoms with van der Waals surface area (Å²) in [5.41, 5.74) is 3.93. The zero-order valence-electron chi connectivity index (χ0n) is 14.8. The molecule has 7 heteroatoms. The molecule has 0 radical (unpaired) electrons. The summed E-state index contributed by atoms with van der Waals surface area (Å²) < 4.78 is 11.3. The molecule has 27 heavy (non-hydrogen) atoms. The van der Waals surface area contributed by atoms with Crippen molar-refractivity contribution in [1.82, 2.24) is 5.43 Å². The maximum absolute atomic E-state index is 12.7. The summed E-state index contributed by atoms with van der Waals surface area (Å²) in [7, 11) is 0. The highest BCUT2D eigenvalue weighted by molar-refractivity contribution is 9.09. The Labute approximate surface area is 165 Å². The molecule has 1 aliphatic heterocycles. The minimum absolute atomic E-state index is 0.0652. The lowest BCUT2D eigenvalue weighted by atomic mass is 10.1. The third kappa shape index (κ3) is 4.31. The molecule has 140 valence electrons. The van der Waals surface area contributed by atoms with Crippen LogP contribution in [0.25, 0.3) is 6.08 Å². The molecular weight excluding hydrogens is 412 g/mol. The van der Waals surface area contributed by atoms with Crippen molar-refractivity contribution in [2.75, 3.05) is 23.6 Å². The Hall–Kier alpha value is -2.80. The van der Waals surface area contributed by atoms with E-state index in [1.807, 2.05) is 13.0 Å². The van der Waals surface area contributed by atoms with Gasteiger partial charge in [-0.1, -0.05) is 40.2 Å². The van der Waals surface area contributed by atoms with Crippen LogP contribution in [0.3, 0.4) is 0 Å². The van der Waals surface area contributed by atoms with E-state index in [1.165, 1.54) is 5.01 Å². The number of hydrogen-bond donors (Lipinski definition) is 1. The molecule has 1 fully saturated rings. The van der Waals surface area contributed by atoms with Crippen LogP contribution in [-0.2, 0) is 9.59 Å². The van der Waals surface area contributed by atoms with Gasteiger partial charge in [0.05, 0.1) is 18.9 Å². The molecule has 2 amide bonds. The molecule has 0 aliphatic carbocycles.